The predicted molar refractivity (Wildman–Crippen MR) is 89.5 cm³/mol. The highest BCUT2D eigenvalue weighted by Gasteiger charge is 2.04. The molecule has 0 spiro atoms. The van der Waals surface area contributed by atoms with Crippen molar-refractivity contribution in [2.45, 2.75) is 13.8 Å². The molecule has 0 fully saturated rings. The van der Waals surface area contributed by atoms with Gasteiger partial charge in [-0.15, -0.1) is 11.8 Å². The molecule has 0 saturated heterocycles. The molecule has 0 amide bonds. The highest BCUT2D eigenvalue weighted by molar-refractivity contribution is 8.01. The second-order valence-electron chi connectivity index (χ2n) is 4.40. The first kappa shape index (κ1) is 14.4. The molecule has 0 atom stereocenters. The number of allylic oxidation sites excluding steroid dienone is 2. The van der Waals surface area contributed by atoms with Gasteiger partial charge in [0.15, 0.2) is 0 Å². The van der Waals surface area contributed by atoms with E-state index in [1.807, 2.05) is 43.0 Å². The maximum atomic E-state index is 4.51. The first-order valence-corrected chi connectivity index (χ1v) is 7.58. The van der Waals surface area contributed by atoms with Crippen LogP contribution in [0.2, 0.25) is 0 Å². The third-order valence-electron chi connectivity index (χ3n) is 2.64. The van der Waals surface area contributed by atoms with Gasteiger partial charge in [0.25, 0.3) is 0 Å². The number of hydrogen-bond donors (Lipinski definition) is 0. The molecule has 2 rings (SSSR count). The molecule has 0 N–H and O–H groups in total. The van der Waals surface area contributed by atoms with Crippen LogP contribution in [0.25, 0.3) is 0 Å². The van der Waals surface area contributed by atoms with Gasteiger partial charge in [-0.05, 0) is 37.6 Å². The van der Waals surface area contributed by atoms with Gasteiger partial charge in [0, 0.05) is 11.8 Å². The van der Waals surface area contributed by atoms with Crippen molar-refractivity contribution < 1.29 is 0 Å². The van der Waals surface area contributed by atoms with Crippen molar-refractivity contribution in [3.63, 3.8) is 0 Å². The van der Waals surface area contributed by atoms with E-state index in [0.717, 1.165) is 17.1 Å². The van der Waals surface area contributed by atoms with Crippen molar-refractivity contribution in [3.05, 3.63) is 58.9 Å². The van der Waals surface area contributed by atoms with Gasteiger partial charge in [-0.2, -0.15) is 5.10 Å². The lowest BCUT2D eigenvalue weighted by Crippen LogP contribution is -2.14. The van der Waals surface area contributed by atoms with Crippen LogP contribution in [0, 0.1) is 6.92 Å². The molecule has 1 aliphatic heterocycles. The van der Waals surface area contributed by atoms with Crippen LogP contribution in [0.4, 0.5) is 5.69 Å². The molecular weight excluding hydrogens is 266 g/mol. The second-order valence-corrected chi connectivity index (χ2v) is 5.11. The largest absolute Gasteiger partial charge is 0.259 e. The van der Waals surface area contributed by atoms with Crippen LogP contribution in [-0.4, -0.2) is 18.2 Å². The van der Waals surface area contributed by atoms with Crippen molar-refractivity contribution in [2.75, 3.05) is 11.3 Å². The van der Waals surface area contributed by atoms with Gasteiger partial charge in [0.05, 0.1) is 18.1 Å². The molecule has 1 aromatic carbocycles. The highest BCUT2D eigenvalue weighted by Crippen LogP contribution is 2.17. The van der Waals surface area contributed by atoms with Gasteiger partial charge in [0.1, 0.15) is 5.71 Å². The number of thioether (sulfide) groups is 1. The van der Waals surface area contributed by atoms with Crippen LogP contribution in [0.1, 0.15) is 12.5 Å². The fourth-order valence-corrected chi connectivity index (χ4v) is 2.04. The van der Waals surface area contributed by atoms with Crippen molar-refractivity contribution in [1.29, 1.82) is 0 Å². The summed E-state index contributed by atoms with van der Waals surface area (Å²) in [5.41, 5.74) is 7.07. The van der Waals surface area contributed by atoms with Crippen LogP contribution >= 0.6 is 11.8 Å². The number of aryl methyl sites for hydroxylation is 1. The SMILES string of the molecule is CSC=C(C)N=CC1=NN(c2ccc(C)cc2)C=C=C1. The van der Waals surface area contributed by atoms with E-state index >= 15 is 0 Å². The summed E-state index contributed by atoms with van der Waals surface area (Å²) in [6.07, 6.45) is 7.40. The molecule has 1 heterocycles. The van der Waals surface area contributed by atoms with E-state index in [9.17, 15) is 0 Å². The van der Waals surface area contributed by atoms with Crippen LogP contribution < -0.4 is 5.01 Å². The summed E-state index contributed by atoms with van der Waals surface area (Å²) in [5.74, 6) is 0. The van der Waals surface area contributed by atoms with Crippen molar-refractivity contribution >= 4 is 29.4 Å². The number of hydrogen-bond acceptors (Lipinski definition) is 4. The average Bonchev–Trinajstić information content (AvgIpc) is 2.47. The third kappa shape index (κ3) is 3.98. The van der Waals surface area contributed by atoms with E-state index in [-0.39, 0.29) is 0 Å². The van der Waals surface area contributed by atoms with E-state index < -0.39 is 0 Å². The lowest BCUT2D eigenvalue weighted by Gasteiger charge is -2.16. The maximum Gasteiger partial charge on any atom is 0.110 e. The zero-order valence-corrected chi connectivity index (χ0v) is 12.7. The first-order valence-electron chi connectivity index (χ1n) is 6.30. The Labute approximate surface area is 124 Å². The van der Waals surface area contributed by atoms with Crippen molar-refractivity contribution in [2.24, 2.45) is 10.1 Å². The van der Waals surface area contributed by atoms with Crippen LogP contribution in [0.5, 0.6) is 0 Å². The summed E-state index contributed by atoms with van der Waals surface area (Å²) in [5, 5.41) is 8.30. The lowest BCUT2D eigenvalue weighted by atomic mass is 10.2. The minimum absolute atomic E-state index is 0.780. The monoisotopic (exact) mass is 283 g/mol. The fraction of sp³-hybridized carbons (Fsp3) is 0.188. The zero-order valence-electron chi connectivity index (χ0n) is 11.9. The molecule has 4 heteroatoms. The van der Waals surface area contributed by atoms with Gasteiger partial charge in [0.2, 0.25) is 0 Å². The van der Waals surface area contributed by atoms with Crippen molar-refractivity contribution in [1.82, 2.24) is 0 Å². The van der Waals surface area contributed by atoms with E-state index in [1.165, 1.54) is 5.56 Å². The maximum absolute atomic E-state index is 4.51. The summed E-state index contributed by atoms with van der Waals surface area (Å²) in [6.45, 7) is 4.03. The Morgan fingerprint density at radius 2 is 2.10 bits per heavy atom. The van der Waals surface area contributed by atoms with Gasteiger partial charge in [-0.25, -0.2) is 5.01 Å². The smallest absolute Gasteiger partial charge is 0.110 e. The molecule has 0 radical (unpaired) electrons. The molecule has 3 nitrogen and oxygen atoms in total. The second kappa shape index (κ2) is 6.94. The Morgan fingerprint density at radius 3 is 2.80 bits per heavy atom. The summed E-state index contributed by atoms with van der Waals surface area (Å²) in [6, 6.07) is 8.21. The lowest BCUT2D eigenvalue weighted by molar-refractivity contribution is 1.08. The number of hydrazone groups is 1. The Hall–Kier alpha value is -2.03. The fourth-order valence-electron chi connectivity index (χ4n) is 1.64. The molecule has 0 saturated carbocycles. The molecule has 0 aliphatic carbocycles. The summed E-state index contributed by atoms with van der Waals surface area (Å²) < 4.78 is 0. The van der Waals surface area contributed by atoms with E-state index in [1.54, 1.807) is 23.0 Å². The number of aliphatic imine (C=N–C) groups is 1. The Morgan fingerprint density at radius 1 is 1.35 bits per heavy atom. The quantitative estimate of drug-likeness (QED) is 0.613. The third-order valence-corrected chi connectivity index (χ3v) is 3.22. The number of rotatable bonds is 4. The Balaban J connectivity index is 2.17. The van der Waals surface area contributed by atoms with Crippen LogP contribution in [0.3, 0.4) is 0 Å². The summed E-state index contributed by atoms with van der Waals surface area (Å²) in [4.78, 5) is 4.35. The minimum Gasteiger partial charge on any atom is -0.259 e. The summed E-state index contributed by atoms with van der Waals surface area (Å²) in [7, 11) is 0. The van der Waals surface area contributed by atoms with Gasteiger partial charge < -0.3 is 0 Å². The topological polar surface area (TPSA) is 28.0 Å². The molecule has 0 bridgehead atoms. The van der Waals surface area contributed by atoms with E-state index in [0.29, 0.717) is 0 Å². The van der Waals surface area contributed by atoms with Gasteiger partial charge in [-0.1, -0.05) is 23.4 Å². The summed E-state index contributed by atoms with van der Waals surface area (Å²) >= 11 is 1.64. The molecule has 0 aromatic heterocycles. The molecule has 1 aliphatic rings. The first-order chi connectivity index (χ1) is 9.69. The van der Waals surface area contributed by atoms with Crippen LogP contribution in [0.15, 0.2) is 63.5 Å². The Bertz CT molecular complexity index is 618. The Kier molecular flexibility index (Phi) is 4.99. The van der Waals surface area contributed by atoms with E-state index in [4.69, 9.17) is 0 Å². The normalized spacial score (nSPS) is 15.1. The number of anilines is 1. The average molecular weight is 283 g/mol. The highest BCUT2D eigenvalue weighted by atomic mass is 32.2. The number of nitrogens with zero attached hydrogens (tertiary/aromatic N) is 3. The molecule has 1 aromatic rings. The van der Waals surface area contributed by atoms with Crippen LogP contribution in [-0.2, 0) is 0 Å². The minimum atomic E-state index is 0.780. The molecule has 0 unspecified atom stereocenters. The standard InChI is InChI=1S/C16H17N3S/c1-13-6-8-16(9-7-13)19-10-4-5-15(18-19)11-17-14(2)12-20-3/h5-12H,1-3H3. The van der Waals surface area contributed by atoms with E-state index in [2.05, 4.69) is 34.9 Å². The zero-order chi connectivity index (χ0) is 14.4. The van der Waals surface area contributed by atoms with Crippen molar-refractivity contribution in [3.8, 4) is 0 Å². The molecular formula is C16H17N3S. The van der Waals surface area contributed by atoms with Gasteiger partial charge in [-0.3, -0.25) is 4.99 Å². The van der Waals surface area contributed by atoms with Gasteiger partial charge >= 0.3 is 0 Å². The molecule has 20 heavy (non-hydrogen) atoms. The molecule has 102 valence electrons. The number of benzene rings is 1. The predicted octanol–water partition coefficient (Wildman–Crippen LogP) is 4.13.